The van der Waals surface area contributed by atoms with Crippen LogP contribution in [0, 0.1) is 17.7 Å². The van der Waals surface area contributed by atoms with Crippen LogP contribution in [0.2, 0.25) is 0 Å². The van der Waals surface area contributed by atoms with Gasteiger partial charge in [0.25, 0.3) is 5.91 Å². The molecule has 4 rings (SSSR count). The standard InChI is InChI=1S/C25H31FN4O9S/c1-29(2)8-11-16(26)10-6-9-7-12-18(30(3)4)21(33)15(24(27)36)23(35)25(12,37)22(34)13(9)19(31)14(10)20(32)17(11)28-40(5,38)39/h9,12,18,28,32-34,37H,6-8H2,1-5H3,(H2,27,36)/t9-,12-,18-,25-/m0/s1. The highest BCUT2D eigenvalue weighted by Crippen LogP contribution is 2.53. The van der Waals surface area contributed by atoms with Crippen LogP contribution in [0.4, 0.5) is 10.1 Å². The molecule has 0 aliphatic heterocycles. The van der Waals surface area contributed by atoms with Crippen molar-refractivity contribution in [3.63, 3.8) is 0 Å². The van der Waals surface area contributed by atoms with Crippen molar-refractivity contribution in [1.82, 2.24) is 9.80 Å². The molecule has 1 aromatic rings. The number of rotatable bonds is 6. The summed E-state index contributed by atoms with van der Waals surface area (Å²) in [6, 6.07) is -1.19. The quantitative estimate of drug-likeness (QED) is 0.189. The zero-order valence-electron chi connectivity index (χ0n) is 22.4. The number of phenols is 1. The van der Waals surface area contributed by atoms with Gasteiger partial charge in [0, 0.05) is 29.2 Å². The minimum Gasteiger partial charge on any atom is -0.510 e. The maximum atomic E-state index is 16.0. The molecule has 0 aromatic heterocycles. The number of ketones is 2. The lowest BCUT2D eigenvalue weighted by atomic mass is 9.58. The van der Waals surface area contributed by atoms with Crippen LogP contribution in [0.15, 0.2) is 22.7 Å². The Bertz CT molecular complexity index is 1530. The highest BCUT2D eigenvalue weighted by atomic mass is 32.2. The Kier molecular flexibility index (Phi) is 7.02. The van der Waals surface area contributed by atoms with Crippen LogP contribution in [0.3, 0.4) is 0 Å². The molecule has 1 amide bonds. The number of sulfonamides is 1. The Labute approximate surface area is 229 Å². The van der Waals surface area contributed by atoms with E-state index in [0.29, 0.717) is 0 Å². The number of nitrogens with zero attached hydrogens (tertiary/aromatic N) is 2. The van der Waals surface area contributed by atoms with Crippen LogP contribution in [-0.4, -0.2) is 102 Å². The van der Waals surface area contributed by atoms with E-state index in [4.69, 9.17) is 5.73 Å². The van der Waals surface area contributed by atoms with Gasteiger partial charge in [-0.2, -0.15) is 0 Å². The summed E-state index contributed by atoms with van der Waals surface area (Å²) in [6.45, 7) is -0.147. The van der Waals surface area contributed by atoms with E-state index in [-0.39, 0.29) is 30.5 Å². The van der Waals surface area contributed by atoms with Crippen LogP contribution < -0.4 is 10.5 Å². The van der Waals surface area contributed by atoms with Gasteiger partial charge in [0.1, 0.15) is 22.9 Å². The molecule has 3 aliphatic carbocycles. The number of likely N-dealkylation sites (N-methyl/N-ethyl adjacent to an activating group) is 1. The molecule has 0 heterocycles. The fourth-order valence-corrected chi connectivity index (χ4v) is 6.75. The number of primary amides is 1. The number of hydrogen-bond acceptors (Lipinski definition) is 11. The molecule has 0 radical (unpaired) electrons. The number of nitrogens with one attached hydrogen (secondary N) is 1. The lowest BCUT2D eigenvalue weighted by Crippen LogP contribution is -2.63. The number of nitrogens with two attached hydrogens (primary N) is 1. The third kappa shape index (κ3) is 4.24. The average Bonchev–Trinajstić information content (AvgIpc) is 2.80. The van der Waals surface area contributed by atoms with E-state index in [0.717, 1.165) is 6.26 Å². The van der Waals surface area contributed by atoms with Crippen molar-refractivity contribution in [2.45, 2.75) is 31.0 Å². The van der Waals surface area contributed by atoms with Gasteiger partial charge in [-0.25, -0.2) is 12.8 Å². The minimum absolute atomic E-state index is 0.147. The van der Waals surface area contributed by atoms with Crippen molar-refractivity contribution < 1.29 is 47.6 Å². The largest absolute Gasteiger partial charge is 0.510 e. The number of fused-ring (bicyclic) bond motifs is 3. The second-order valence-electron chi connectivity index (χ2n) is 10.9. The summed E-state index contributed by atoms with van der Waals surface area (Å²) in [5.74, 6) is -9.77. The van der Waals surface area contributed by atoms with Crippen molar-refractivity contribution in [3.8, 4) is 5.75 Å². The molecule has 0 bridgehead atoms. The zero-order valence-corrected chi connectivity index (χ0v) is 23.3. The molecule has 40 heavy (non-hydrogen) atoms. The lowest BCUT2D eigenvalue weighted by molar-refractivity contribution is -0.148. The van der Waals surface area contributed by atoms with Gasteiger partial charge >= 0.3 is 0 Å². The van der Waals surface area contributed by atoms with Crippen molar-refractivity contribution in [3.05, 3.63) is 45.2 Å². The molecule has 13 nitrogen and oxygen atoms in total. The van der Waals surface area contributed by atoms with Gasteiger partial charge in [-0.15, -0.1) is 0 Å². The van der Waals surface area contributed by atoms with E-state index in [9.17, 15) is 43.2 Å². The van der Waals surface area contributed by atoms with Crippen molar-refractivity contribution >= 4 is 33.2 Å². The Morgan fingerprint density at radius 3 is 2.27 bits per heavy atom. The number of carbonyl (C=O) groups excluding carboxylic acids is 3. The number of amides is 1. The molecular weight excluding hydrogens is 551 g/mol. The number of halogens is 1. The van der Waals surface area contributed by atoms with Gasteiger partial charge in [-0.3, -0.25) is 24.0 Å². The van der Waals surface area contributed by atoms with E-state index in [1.807, 2.05) is 4.72 Å². The van der Waals surface area contributed by atoms with Crippen molar-refractivity contribution in [1.29, 1.82) is 0 Å². The number of Topliss-reactive ketones (excluding diaryl/α,β-unsaturated/α-hetero) is 2. The number of hydrogen-bond donors (Lipinski definition) is 6. The third-order valence-electron chi connectivity index (χ3n) is 7.68. The number of allylic oxidation sites excluding steroid dienone is 1. The van der Waals surface area contributed by atoms with E-state index in [2.05, 4.69) is 0 Å². The molecular formula is C25H31FN4O9S. The SMILES string of the molecule is CN(C)Cc1c(F)c2c(c(O)c1NS(C)(=O)=O)C(=O)C1=C(O)[C@]3(O)C(=O)C(C(N)=O)=C(O)[C@@H](N(C)C)[C@@H]3C[C@@H]1C2. The average molecular weight is 583 g/mol. The molecule has 15 heteroatoms. The maximum Gasteiger partial charge on any atom is 0.255 e. The summed E-state index contributed by atoms with van der Waals surface area (Å²) in [4.78, 5) is 42.1. The van der Waals surface area contributed by atoms with Crippen LogP contribution >= 0.6 is 0 Å². The zero-order chi connectivity index (χ0) is 30.2. The maximum absolute atomic E-state index is 16.0. The Hall–Kier alpha value is -3.53. The third-order valence-corrected chi connectivity index (χ3v) is 8.26. The Morgan fingerprint density at radius 1 is 1.18 bits per heavy atom. The van der Waals surface area contributed by atoms with Gasteiger partial charge in [-0.05, 0) is 47.0 Å². The minimum atomic E-state index is -4.05. The number of anilines is 1. The number of aromatic hydroxyl groups is 1. The van der Waals surface area contributed by atoms with Gasteiger partial charge in [0.05, 0.1) is 23.5 Å². The highest BCUT2D eigenvalue weighted by Gasteiger charge is 2.63. The summed E-state index contributed by atoms with van der Waals surface area (Å²) in [7, 11) is 2.12. The Balaban J connectivity index is 2.00. The van der Waals surface area contributed by atoms with Crippen molar-refractivity contribution in [2.75, 3.05) is 39.2 Å². The van der Waals surface area contributed by atoms with Crippen LogP contribution in [-0.2, 0) is 32.6 Å². The molecule has 1 aromatic carbocycles. The summed E-state index contributed by atoms with van der Waals surface area (Å²) in [5.41, 5.74) is -0.614. The highest BCUT2D eigenvalue weighted by molar-refractivity contribution is 7.92. The first-order valence-electron chi connectivity index (χ1n) is 12.2. The van der Waals surface area contributed by atoms with Crippen LogP contribution in [0.5, 0.6) is 5.75 Å². The van der Waals surface area contributed by atoms with E-state index >= 15 is 4.39 Å². The van der Waals surface area contributed by atoms with Gasteiger partial charge in [-0.1, -0.05) is 0 Å². The smallest absolute Gasteiger partial charge is 0.255 e. The molecule has 0 saturated carbocycles. The van der Waals surface area contributed by atoms with Gasteiger partial charge in [0.2, 0.25) is 15.8 Å². The number of benzene rings is 1. The fraction of sp³-hybridized carbons (Fsp3) is 0.480. The predicted octanol–water partition coefficient (Wildman–Crippen LogP) is -0.307. The fourth-order valence-electron chi connectivity index (χ4n) is 6.16. The second-order valence-corrected chi connectivity index (χ2v) is 12.7. The van der Waals surface area contributed by atoms with E-state index in [1.54, 1.807) is 14.1 Å². The monoisotopic (exact) mass is 582 g/mol. The lowest BCUT2D eigenvalue weighted by Gasteiger charge is -2.50. The van der Waals surface area contributed by atoms with Crippen molar-refractivity contribution in [2.24, 2.45) is 17.6 Å². The Morgan fingerprint density at radius 2 is 1.77 bits per heavy atom. The molecule has 0 unspecified atom stereocenters. The van der Waals surface area contributed by atoms with Crippen LogP contribution in [0.25, 0.3) is 0 Å². The molecule has 7 N–H and O–H groups in total. The molecule has 0 saturated heterocycles. The normalized spacial score (nSPS) is 26.7. The molecule has 218 valence electrons. The number of aliphatic hydroxyl groups is 3. The molecule has 4 atom stereocenters. The number of aliphatic hydroxyl groups excluding tert-OH is 2. The first-order chi connectivity index (χ1) is 18.3. The second kappa shape index (κ2) is 9.54. The summed E-state index contributed by atoms with van der Waals surface area (Å²) in [5, 5.41) is 44.9. The summed E-state index contributed by atoms with van der Waals surface area (Å²) in [6.07, 6.45) is 0.299. The van der Waals surface area contributed by atoms with Gasteiger partial charge in [0.15, 0.2) is 17.1 Å². The molecule has 0 spiro atoms. The topological polar surface area (TPSA) is 211 Å². The first kappa shape index (κ1) is 29.5. The number of phenolic OH excluding ortho intramolecular Hbond substituents is 1. The van der Waals surface area contributed by atoms with Gasteiger partial charge < -0.3 is 31.1 Å². The van der Waals surface area contributed by atoms with Crippen LogP contribution in [0.1, 0.15) is 27.9 Å². The number of carbonyl (C=O) groups is 3. The van der Waals surface area contributed by atoms with E-state index < -0.39 is 96.5 Å². The van der Waals surface area contributed by atoms with E-state index in [1.165, 1.54) is 23.9 Å². The molecule has 0 fully saturated rings. The molecule has 3 aliphatic rings. The summed E-state index contributed by atoms with van der Waals surface area (Å²) >= 11 is 0. The first-order valence-corrected chi connectivity index (χ1v) is 14.1. The predicted molar refractivity (Wildman–Crippen MR) is 139 cm³/mol. The summed E-state index contributed by atoms with van der Waals surface area (Å²) < 4.78 is 42.1.